The fourth-order valence-corrected chi connectivity index (χ4v) is 1.60. The molecule has 2 N–H and O–H groups in total. The molecule has 5 nitrogen and oxygen atoms in total. The summed E-state index contributed by atoms with van der Waals surface area (Å²) >= 11 is 0. The lowest BCUT2D eigenvalue weighted by molar-refractivity contribution is 0.0735. The first-order valence-corrected chi connectivity index (χ1v) is 6.53. The fourth-order valence-electron chi connectivity index (χ4n) is 1.60. The monoisotopic (exact) mass is 284 g/mol. The maximum atomic E-state index is 11.9. The number of hydrazone groups is 1. The van der Waals surface area contributed by atoms with Gasteiger partial charge in [0, 0.05) is 0 Å². The molecule has 0 radical (unpaired) electrons. The molecule has 2 aromatic rings. The maximum Gasteiger partial charge on any atom is 0.343 e. The molecule has 2 aromatic carbocycles. The van der Waals surface area contributed by atoms with Gasteiger partial charge in [0.05, 0.1) is 24.9 Å². The standard InChI is InChI=1S/C16H16N2O3/c19-11-10-17-18-12-13-6-8-15(9-7-13)21-16(20)14-4-2-1-3-5-14/h1-9,12,17,19H,10-11H2. The lowest BCUT2D eigenvalue weighted by atomic mass is 10.2. The Bertz CT molecular complexity index is 595. The van der Waals surface area contributed by atoms with Gasteiger partial charge in [0.1, 0.15) is 5.75 Å². The van der Waals surface area contributed by atoms with Crippen LogP contribution in [-0.2, 0) is 0 Å². The molecule has 0 heterocycles. The smallest absolute Gasteiger partial charge is 0.343 e. The van der Waals surface area contributed by atoms with Crippen LogP contribution in [0.15, 0.2) is 59.7 Å². The molecule has 0 unspecified atom stereocenters. The minimum atomic E-state index is -0.387. The highest BCUT2D eigenvalue weighted by molar-refractivity contribution is 5.91. The third-order valence-corrected chi connectivity index (χ3v) is 2.63. The van der Waals surface area contributed by atoms with Gasteiger partial charge in [-0.15, -0.1) is 0 Å². The molecule has 0 aliphatic heterocycles. The summed E-state index contributed by atoms with van der Waals surface area (Å²) in [4.78, 5) is 11.9. The summed E-state index contributed by atoms with van der Waals surface area (Å²) in [5.74, 6) is 0.0888. The number of aliphatic hydroxyl groups is 1. The molecule has 5 heteroatoms. The van der Waals surface area contributed by atoms with E-state index in [9.17, 15) is 4.79 Å². The molecular weight excluding hydrogens is 268 g/mol. The second-order valence-corrected chi connectivity index (χ2v) is 4.21. The lowest BCUT2D eigenvalue weighted by Crippen LogP contribution is -2.11. The molecule has 0 aliphatic carbocycles. The van der Waals surface area contributed by atoms with E-state index in [0.29, 0.717) is 17.9 Å². The highest BCUT2D eigenvalue weighted by Crippen LogP contribution is 2.13. The molecule has 0 amide bonds. The number of esters is 1. The van der Waals surface area contributed by atoms with Crippen molar-refractivity contribution in [1.82, 2.24) is 5.43 Å². The van der Waals surface area contributed by atoms with Crippen LogP contribution in [0.2, 0.25) is 0 Å². The number of aliphatic hydroxyl groups excluding tert-OH is 1. The lowest BCUT2D eigenvalue weighted by Gasteiger charge is -2.04. The number of benzene rings is 2. The van der Waals surface area contributed by atoms with Crippen molar-refractivity contribution in [2.45, 2.75) is 0 Å². The molecule has 0 spiro atoms. The molecule has 0 aliphatic rings. The minimum Gasteiger partial charge on any atom is -0.423 e. The number of hydrogen-bond donors (Lipinski definition) is 2. The highest BCUT2D eigenvalue weighted by atomic mass is 16.5. The summed E-state index contributed by atoms with van der Waals surface area (Å²) in [6.07, 6.45) is 1.62. The van der Waals surface area contributed by atoms with E-state index >= 15 is 0 Å². The van der Waals surface area contributed by atoms with Gasteiger partial charge in [-0.2, -0.15) is 5.10 Å². The average molecular weight is 284 g/mol. The van der Waals surface area contributed by atoms with E-state index in [1.165, 1.54) is 0 Å². The van der Waals surface area contributed by atoms with Crippen LogP contribution in [0.25, 0.3) is 0 Å². The molecule has 108 valence electrons. The second-order valence-electron chi connectivity index (χ2n) is 4.21. The van der Waals surface area contributed by atoms with E-state index in [0.717, 1.165) is 5.56 Å². The second kappa shape index (κ2) is 7.81. The molecule has 0 saturated heterocycles. The van der Waals surface area contributed by atoms with Crippen molar-refractivity contribution >= 4 is 12.2 Å². The first-order valence-electron chi connectivity index (χ1n) is 6.53. The Labute approximate surface area is 122 Å². The van der Waals surface area contributed by atoms with E-state index in [1.54, 1.807) is 54.7 Å². The van der Waals surface area contributed by atoms with Gasteiger partial charge < -0.3 is 15.3 Å². The zero-order valence-corrected chi connectivity index (χ0v) is 11.4. The number of carbonyl (C=O) groups is 1. The molecule has 21 heavy (non-hydrogen) atoms. The maximum absolute atomic E-state index is 11.9. The van der Waals surface area contributed by atoms with E-state index in [1.807, 2.05) is 6.07 Å². The Morgan fingerprint density at radius 1 is 1.14 bits per heavy atom. The molecule has 0 saturated carbocycles. The van der Waals surface area contributed by atoms with Gasteiger partial charge in [-0.1, -0.05) is 18.2 Å². The number of nitrogens with one attached hydrogen (secondary N) is 1. The highest BCUT2D eigenvalue weighted by Gasteiger charge is 2.07. The van der Waals surface area contributed by atoms with Gasteiger partial charge in [-0.3, -0.25) is 0 Å². The number of nitrogens with zero attached hydrogens (tertiary/aromatic N) is 1. The first-order chi connectivity index (χ1) is 10.3. The van der Waals surface area contributed by atoms with Crippen molar-refractivity contribution < 1.29 is 14.6 Å². The molecule has 2 rings (SSSR count). The van der Waals surface area contributed by atoms with Crippen molar-refractivity contribution in [3.8, 4) is 5.75 Å². The van der Waals surface area contributed by atoms with Crippen LogP contribution in [0.5, 0.6) is 5.75 Å². The van der Waals surface area contributed by atoms with Crippen LogP contribution in [0.3, 0.4) is 0 Å². The molecule has 0 atom stereocenters. The fraction of sp³-hybridized carbons (Fsp3) is 0.125. The Morgan fingerprint density at radius 3 is 2.52 bits per heavy atom. The molecule has 0 fully saturated rings. The third kappa shape index (κ3) is 4.74. The Hall–Kier alpha value is -2.66. The predicted octanol–water partition coefficient (Wildman–Crippen LogP) is 1.82. The number of hydrogen-bond acceptors (Lipinski definition) is 5. The molecule has 0 aromatic heterocycles. The van der Waals surface area contributed by atoms with Crippen molar-refractivity contribution in [1.29, 1.82) is 0 Å². The zero-order chi connectivity index (χ0) is 14.9. The van der Waals surface area contributed by atoms with E-state index in [2.05, 4.69) is 10.5 Å². The topological polar surface area (TPSA) is 70.9 Å². The summed E-state index contributed by atoms with van der Waals surface area (Å²) in [5, 5.41) is 12.5. The predicted molar refractivity (Wildman–Crippen MR) is 80.5 cm³/mol. The number of ether oxygens (including phenoxy) is 1. The summed E-state index contributed by atoms with van der Waals surface area (Å²) in [6.45, 7) is 0.439. The van der Waals surface area contributed by atoms with Crippen LogP contribution >= 0.6 is 0 Å². The van der Waals surface area contributed by atoms with E-state index in [4.69, 9.17) is 9.84 Å². The van der Waals surface area contributed by atoms with Crippen LogP contribution in [0, 0.1) is 0 Å². The quantitative estimate of drug-likeness (QED) is 0.279. The number of carbonyl (C=O) groups excluding carboxylic acids is 1. The average Bonchev–Trinajstić information content (AvgIpc) is 2.54. The van der Waals surface area contributed by atoms with E-state index in [-0.39, 0.29) is 12.6 Å². The van der Waals surface area contributed by atoms with Crippen molar-refractivity contribution in [2.24, 2.45) is 5.10 Å². The largest absolute Gasteiger partial charge is 0.423 e. The summed E-state index contributed by atoms with van der Waals surface area (Å²) < 4.78 is 5.27. The van der Waals surface area contributed by atoms with Gasteiger partial charge in [-0.25, -0.2) is 4.79 Å². The molecule has 0 bridgehead atoms. The van der Waals surface area contributed by atoms with Crippen molar-refractivity contribution in [2.75, 3.05) is 13.2 Å². The third-order valence-electron chi connectivity index (χ3n) is 2.63. The van der Waals surface area contributed by atoms with Gasteiger partial charge in [0.25, 0.3) is 0 Å². The SMILES string of the molecule is O=C(Oc1ccc(C=NNCCO)cc1)c1ccccc1. The van der Waals surface area contributed by atoms with Crippen molar-refractivity contribution in [3.63, 3.8) is 0 Å². The Balaban J connectivity index is 1.93. The normalized spacial score (nSPS) is 10.5. The first kappa shape index (κ1) is 14.7. The summed E-state index contributed by atoms with van der Waals surface area (Å²) in [5.41, 5.74) is 4.06. The minimum absolute atomic E-state index is 0.0334. The van der Waals surface area contributed by atoms with Crippen LogP contribution < -0.4 is 10.2 Å². The van der Waals surface area contributed by atoms with Crippen LogP contribution in [-0.4, -0.2) is 30.4 Å². The summed E-state index contributed by atoms with van der Waals surface area (Å²) in [7, 11) is 0. The number of rotatable bonds is 6. The van der Waals surface area contributed by atoms with Gasteiger partial charge in [0.15, 0.2) is 0 Å². The molecular formula is C16H16N2O3. The Kier molecular flexibility index (Phi) is 5.49. The van der Waals surface area contributed by atoms with Gasteiger partial charge >= 0.3 is 5.97 Å². The zero-order valence-electron chi connectivity index (χ0n) is 11.4. The van der Waals surface area contributed by atoms with Crippen LogP contribution in [0.4, 0.5) is 0 Å². The van der Waals surface area contributed by atoms with E-state index < -0.39 is 0 Å². The summed E-state index contributed by atoms with van der Waals surface area (Å²) in [6, 6.07) is 15.8. The van der Waals surface area contributed by atoms with Gasteiger partial charge in [-0.05, 0) is 42.0 Å². The van der Waals surface area contributed by atoms with Gasteiger partial charge in [0.2, 0.25) is 0 Å². The van der Waals surface area contributed by atoms with Crippen molar-refractivity contribution in [3.05, 3.63) is 65.7 Å². The van der Waals surface area contributed by atoms with Crippen LogP contribution in [0.1, 0.15) is 15.9 Å². The Morgan fingerprint density at radius 2 is 1.86 bits per heavy atom.